The van der Waals surface area contributed by atoms with Gasteiger partial charge in [0.25, 0.3) is 0 Å². The summed E-state index contributed by atoms with van der Waals surface area (Å²) in [4.78, 5) is 24.2. The lowest BCUT2D eigenvalue weighted by Gasteiger charge is -2.32. The van der Waals surface area contributed by atoms with Gasteiger partial charge in [0.05, 0.1) is 12.0 Å². The van der Waals surface area contributed by atoms with Crippen molar-refractivity contribution in [3.63, 3.8) is 0 Å². The molecule has 1 saturated carbocycles. The van der Waals surface area contributed by atoms with Crippen LogP contribution in [0.2, 0.25) is 0 Å². The van der Waals surface area contributed by atoms with Crippen molar-refractivity contribution >= 4 is 11.8 Å². The molecule has 0 unspecified atom stereocenters. The van der Waals surface area contributed by atoms with E-state index in [4.69, 9.17) is 5.73 Å². The SMILES string of the molecule is NC(=O)[C@@H]1CCCC[C@H]1N[C@@H]1CCN(CC(F)(F)F)C1=O. The van der Waals surface area contributed by atoms with Gasteiger partial charge in [0.1, 0.15) is 6.54 Å². The van der Waals surface area contributed by atoms with Crippen LogP contribution in [-0.2, 0) is 9.59 Å². The molecule has 0 aromatic heterocycles. The van der Waals surface area contributed by atoms with Crippen molar-refractivity contribution < 1.29 is 22.8 Å². The standard InChI is InChI=1S/C13H20F3N3O2/c14-13(15,16)7-19-6-5-10(12(19)21)18-9-4-2-1-3-8(9)11(17)20/h8-10,18H,1-7H2,(H2,17,20)/t8-,9-,10-/m1/s1. The molecular weight excluding hydrogens is 287 g/mol. The highest BCUT2D eigenvalue weighted by atomic mass is 19.4. The van der Waals surface area contributed by atoms with Crippen LogP contribution in [-0.4, -0.2) is 48.1 Å². The monoisotopic (exact) mass is 307 g/mol. The highest BCUT2D eigenvalue weighted by Gasteiger charge is 2.41. The van der Waals surface area contributed by atoms with Gasteiger partial charge in [-0.3, -0.25) is 9.59 Å². The second kappa shape index (κ2) is 6.21. The molecule has 120 valence electrons. The van der Waals surface area contributed by atoms with Crippen LogP contribution in [0.5, 0.6) is 0 Å². The Morgan fingerprint density at radius 3 is 2.57 bits per heavy atom. The van der Waals surface area contributed by atoms with Gasteiger partial charge in [-0.25, -0.2) is 0 Å². The summed E-state index contributed by atoms with van der Waals surface area (Å²) in [6, 6.07) is -0.853. The number of amides is 2. The summed E-state index contributed by atoms with van der Waals surface area (Å²) in [5.74, 6) is -1.30. The summed E-state index contributed by atoms with van der Waals surface area (Å²) in [5.41, 5.74) is 5.35. The molecular formula is C13H20F3N3O2. The number of rotatable bonds is 4. The third-order valence-corrected chi connectivity index (χ3v) is 4.21. The maximum Gasteiger partial charge on any atom is 0.406 e. The maximum atomic E-state index is 12.4. The quantitative estimate of drug-likeness (QED) is 0.806. The van der Waals surface area contributed by atoms with E-state index >= 15 is 0 Å². The molecule has 1 aliphatic carbocycles. The van der Waals surface area contributed by atoms with Crippen molar-refractivity contribution in [3.05, 3.63) is 0 Å². The predicted octanol–water partition coefficient (Wildman–Crippen LogP) is 0.783. The predicted molar refractivity (Wildman–Crippen MR) is 69.1 cm³/mol. The van der Waals surface area contributed by atoms with Gasteiger partial charge in [0.15, 0.2) is 0 Å². The molecule has 2 rings (SSSR count). The van der Waals surface area contributed by atoms with Crippen LogP contribution >= 0.6 is 0 Å². The Kier molecular flexibility index (Phi) is 4.75. The first kappa shape index (κ1) is 16.1. The molecule has 21 heavy (non-hydrogen) atoms. The van der Waals surface area contributed by atoms with Crippen molar-refractivity contribution in [2.75, 3.05) is 13.1 Å². The van der Waals surface area contributed by atoms with Crippen molar-refractivity contribution in [1.29, 1.82) is 0 Å². The van der Waals surface area contributed by atoms with Gasteiger partial charge in [0, 0.05) is 12.6 Å². The third-order valence-electron chi connectivity index (χ3n) is 4.21. The average molecular weight is 307 g/mol. The molecule has 0 radical (unpaired) electrons. The molecule has 0 bridgehead atoms. The topological polar surface area (TPSA) is 75.4 Å². The molecule has 1 heterocycles. The molecule has 8 heteroatoms. The number of hydrogen-bond acceptors (Lipinski definition) is 3. The minimum atomic E-state index is -4.38. The van der Waals surface area contributed by atoms with Crippen LogP contribution in [0.4, 0.5) is 13.2 Å². The fraction of sp³-hybridized carbons (Fsp3) is 0.846. The Morgan fingerprint density at radius 1 is 1.29 bits per heavy atom. The first-order valence-electron chi connectivity index (χ1n) is 7.19. The molecule has 2 fully saturated rings. The molecule has 1 aliphatic heterocycles. The molecule has 3 N–H and O–H groups in total. The van der Waals surface area contributed by atoms with E-state index in [-0.39, 0.29) is 18.5 Å². The Labute approximate surface area is 121 Å². The Hall–Kier alpha value is -1.31. The summed E-state index contributed by atoms with van der Waals surface area (Å²) in [6.07, 6.45) is -0.835. The first-order chi connectivity index (χ1) is 9.78. The van der Waals surface area contributed by atoms with Crippen molar-refractivity contribution in [3.8, 4) is 0 Å². The van der Waals surface area contributed by atoms with E-state index in [0.29, 0.717) is 12.8 Å². The van der Waals surface area contributed by atoms with E-state index < -0.39 is 30.6 Å². The van der Waals surface area contributed by atoms with Gasteiger partial charge >= 0.3 is 6.18 Å². The Balaban J connectivity index is 1.94. The van der Waals surface area contributed by atoms with Crippen molar-refractivity contribution in [2.24, 2.45) is 11.7 Å². The second-order valence-electron chi connectivity index (χ2n) is 5.78. The molecule has 0 spiro atoms. The number of halogens is 3. The van der Waals surface area contributed by atoms with Crippen LogP contribution in [0.3, 0.4) is 0 Å². The van der Waals surface area contributed by atoms with E-state index in [1.165, 1.54) is 0 Å². The smallest absolute Gasteiger partial charge is 0.369 e. The van der Waals surface area contributed by atoms with E-state index in [2.05, 4.69) is 5.32 Å². The molecule has 1 saturated heterocycles. The number of primary amides is 1. The van der Waals surface area contributed by atoms with E-state index in [1.54, 1.807) is 0 Å². The summed E-state index contributed by atoms with van der Waals surface area (Å²) >= 11 is 0. The van der Waals surface area contributed by atoms with E-state index in [9.17, 15) is 22.8 Å². The number of nitrogens with two attached hydrogens (primary N) is 1. The van der Waals surface area contributed by atoms with E-state index in [0.717, 1.165) is 24.2 Å². The Bertz CT molecular complexity index is 414. The fourth-order valence-electron chi connectivity index (χ4n) is 3.20. The Morgan fingerprint density at radius 2 is 1.95 bits per heavy atom. The summed E-state index contributed by atoms with van der Waals surface area (Å²) in [5, 5.41) is 3.06. The number of likely N-dealkylation sites (tertiary alicyclic amines) is 1. The number of carbonyl (C=O) groups is 2. The molecule has 2 amide bonds. The second-order valence-corrected chi connectivity index (χ2v) is 5.78. The maximum absolute atomic E-state index is 12.4. The lowest BCUT2D eigenvalue weighted by atomic mass is 9.83. The van der Waals surface area contributed by atoms with Gasteiger partial charge in [-0.2, -0.15) is 13.2 Å². The highest BCUT2D eigenvalue weighted by molar-refractivity contribution is 5.84. The molecule has 3 atom stereocenters. The fourth-order valence-corrected chi connectivity index (χ4v) is 3.20. The molecule has 0 aromatic rings. The van der Waals surface area contributed by atoms with Crippen LogP contribution in [0.1, 0.15) is 32.1 Å². The minimum Gasteiger partial charge on any atom is -0.369 e. The largest absolute Gasteiger partial charge is 0.406 e. The average Bonchev–Trinajstić information content (AvgIpc) is 2.70. The molecule has 2 aliphatic rings. The number of hydrogen-bond donors (Lipinski definition) is 2. The van der Waals surface area contributed by atoms with Gasteiger partial charge < -0.3 is 16.0 Å². The van der Waals surface area contributed by atoms with Crippen molar-refractivity contribution in [2.45, 2.75) is 50.4 Å². The normalized spacial score (nSPS) is 30.7. The molecule has 5 nitrogen and oxygen atoms in total. The lowest BCUT2D eigenvalue weighted by Crippen LogP contribution is -2.51. The van der Waals surface area contributed by atoms with Crippen LogP contribution in [0, 0.1) is 5.92 Å². The van der Waals surface area contributed by atoms with Crippen LogP contribution < -0.4 is 11.1 Å². The van der Waals surface area contributed by atoms with Gasteiger partial charge in [-0.15, -0.1) is 0 Å². The zero-order chi connectivity index (χ0) is 15.6. The summed E-state index contributed by atoms with van der Waals surface area (Å²) in [7, 11) is 0. The summed E-state index contributed by atoms with van der Waals surface area (Å²) in [6.45, 7) is -1.13. The minimum absolute atomic E-state index is 0.0873. The number of nitrogens with zero attached hydrogens (tertiary/aromatic N) is 1. The van der Waals surface area contributed by atoms with Crippen LogP contribution in [0.15, 0.2) is 0 Å². The number of nitrogens with one attached hydrogen (secondary N) is 1. The zero-order valence-electron chi connectivity index (χ0n) is 11.7. The zero-order valence-corrected chi connectivity index (χ0v) is 11.7. The number of carbonyl (C=O) groups excluding carboxylic acids is 2. The van der Waals surface area contributed by atoms with Crippen molar-refractivity contribution in [1.82, 2.24) is 10.2 Å². The summed E-state index contributed by atoms with van der Waals surface area (Å²) < 4.78 is 37.1. The van der Waals surface area contributed by atoms with Gasteiger partial charge in [0.2, 0.25) is 11.8 Å². The first-order valence-corrected chi connectivity index (χ1v) is 7.19. The van der Waals surface area contributed by atoms with Gasteiger partial charge in [-0.05, 0) is 19.3 Å². The lowest BCUT2D eigenvalue weighted by molar-refractivity contribution is -0.158. The van der Waals surface area contributed by atoms with Crippen LogP contribution in [0.25, 0.3) is 0 Å². The van der Waals surface area contributed by atoms with Gasteiger partial charge in [-0.1, -0.05) is 12.8 Å². The third kappa shape index (κ3) is 4.09. The number of alkyl halides is 3. The van der Waals surface area contributed by atoms with E-state index in [1.807, 2.05) is 0 Å². The molecule has 0 aromatic carbocycles. The highest BCUT2D eigenvalue weighted by Crippen LogP contribution is 2.26.